The van der Waals surface area contributed by atoms with Crippen LogP contribution in [0.4, 0.5) is 4.79 Å². The number of carboxylic acids is 1. The average Bonchev–Trinajstić information content (AvgIpc) is 3.17. The zero-order chi connectivity index (χ0) is 17.9. The number of aliphatic carboxylic acids is 1. The number of carboxylic acid groups (broad SMARTS) is 1. The van der Waals surface area contributed by atoms with Crippen molar-refractivity contribution >= 4 is 12.0 Å². The maximum atomic E-state index is 12.4. The smallest absolute Gasteiger partial charge is 0.317 e. The first kappa shape index (κ1) is 18.5. The number of hydrogen-bond acceptors (Lipinski definition) is 3. The summed E-state index contributed by atoms with van der Waals surface area (Å²) in [6.07, 6.45) is 10.2. The SMILES string of the molecule is CN(CCCNC(=O)N1C[C@@H]2CCC[C@@]2(C(=O)O)C1)C1CCCCC1. The van der Waals surface area contributed by atoms with Gasteiger partial charge < -0.3 is 20.2 Å². The lowest BCUT2D eigenvalue weighted by atomic mass is 9.81. The number of urea groups is 1. The van der Waals surface area contributed by atoms with Gasteiger partial charge in [-0.25, -0.2) is 4.79 Å². The van der Waals surface area contributed by atoms with Gasteiger partial charge in [-0.1, -0.05) is 25.7 Å². The molecular weight excluding hydrogens is 318 g/mol. The molecule has 0 bridgehead atoms. The van der Waals surface area contributed by atoms with Crippen LogP contribution in [-0.2, 0) is 4.79 Å². The molecule has 3 aliphatic rings. The quantitative estimate of drug-likeness (QED) is 0.721. The lowest BCUT2D eigenvalue weighted by Gasteiger charge is -2.31. The number of carbonyl (C=O) groups is 2. The Morgan fingerprint density at radius 2 is 1.96 bits per heavy atom. The second-order valence-electron chi connectivity index (χ2n) is 8.29. The Morgan fingerprint density at radius 3 is 2.64 bits per heavy atom. The van der Waals surface area contributed by atoms with E-state index in [1.54, 1.807) is 4.90 Å². The van der Waals surface area contributed by atoms with Gasteiger partial charge in [0.15, 0.2) is 0 Å². The topological polar surface area (TPSA) is 72.9 Å². The van der Waals surface area contributed by atoms with Crippen molar-refractivity contribution in [2.75, 3.05) is 33.2 Å². The molecule has 142 valence electrons. The minimum Gasteiger partial charge on any atom is -0.481 e. The number of carbonyl (C=O) groups excluding carboxylic acids is 1. The summed E-state index contributed by atoms with van der Waals surface area (Å²) >= 11 is 0. The van der Waals surface area contributed by atoms with Crippen LogP contribution in [0.5, 0.6) is 0 Å². The fraction of sp³-hybridized carbons (Fsp3) is 0.895. The van der Waals surface area contributed by atoms with Crippen molar-refractivity contribution in [1.82, 2.24) is 15.1 Å². The van der Waals surface area contributed by atoms with E-state index in [0.717, 1.165) is 25.8 Å². The minimum atomic E-state index is -0.723. The second kappa shape index (κ2) is 7.94. The third-order valence-corrected chi connectivity index (χ3v) is 6.75. The molecule has 2 aliphatic carbocycles. The lowest BCUT2D eigenvalue weighted by Crippen LogP contribution is -2.42. The molecule has 0 radical (unpaired) electrons. The summed E-state index contributed by atoms with van der Waals surface area (Å²) in [6.45, 7) is 2.64. The molecule has 3 fully saturated rings. The normalized spacial score (nSPS) is 29.8. The molecule has 6 nitrogen and oxygen atoms in total. The highest BCUT2D eigenvalue weighted by Crippen LogP contribution is 2.48. The van der Waals surface area contributed by atoms with Crippen LogP contribution in [0.25, 0.3) is 0 Å². The Labute approximate surface area is 150 Å². The summed E-state index contributed by atoms with van der Waals surface area (Å²) in [7, 11) is 2.19. The Balaban J connectivity index is 1.38. The van der Waals surface area contributed by atoms with E-state index in [0.29, 0.717) is 32.1 Å². The predicted octanol–water partition coefficient (Wildman–Crippen LogP) is 2.54. The molecule has 0 unspecified atom stereocenters. The highest BCUT2D eigenvalue weighted by atomic mass is 16.4. The summed E-state index contributed by atoms with van der Waals surface area (Å²) in [5, 5.41) is 12.6. The van der Waals surface area contributed by atoms with Gasteiger partial charge in [-0.2, -0.15) is 0 Å². The first-order valence-corrected chi connectivity index (χ1v) is 9.99. The van der Waals surface area contributed by atoms with Crippen molar-refractivity contribution in [3.8, 4) is 0 Å². The lowest BCUT2D eigenvalue weighted by molar-refractivity contribution is -0.149. The molecule has 3 rings (SSSR count). The third kappa shape index (κ3) is 3.94. The van der Waals surface area contributed by atoms with Gasteiger partial charge in [0.25, 0.3) is 0 Å². The molecule has 25 heavy (non-hydrogen) atoms. The Bertz CT molecular complexity index is 492. The molecule has 1 aliphatic heterocycles. The minimum absolute atomic E-state index is 0.0876. The van der Waals surface area contributed by atoms with E-state index < -0.39 is 11.4 Å². The Morgan fingerprint density at radius 1 is 1.20 bits per heavy atom. The van der Waals surface area contributed by atoms with Crippen molar-refractivity contribution < 1.29 is 14.7 Å². The fourth-order valence-corrected chi connectivity index (χ4v) is 5.13. The summed E-state index contributed by atoms with van der Waals surface area (Å²) in [5.74, 6) is -0.590. The Kier molecular flexibility index (Phi) is 5.87. The summed E-state index contributed by atoms with van der Waals surface area (Å²) in [5.41, 5.74) is -0.682. The van der Waals surface area contributed by atoms with Crippen LogP contribution in [0.3, 0.4) is 0 Å². The molecule has 2 saturated carbocycles. The van der Waals surface area contributed by atoms with E-state index >= 15 is 0 Å². The van der Waals surface area contributed by atoms with Crippen LogP contribution in [0.15, 0.2) is 0 Å². The van der Waals surface area contributed by atoms with Gasteiger partial charge in [-0.15, -0.1) is 0 Å². The molecule has 6 heteroatoms. The number of rotatable bonds is 6. The predicted molar refractivity (Wildman–Crippen MR) is 96.5 cm³/mol. The van der Waals surface area contributed by atoms with Crippen molar-refractivity contribution in [2.24, 2.45) is 11.3 Å². The molecular formula is C19H33N3O3. The molecule has 0 aromatic heterocycles. The van der Waals surface area contributed by atoms with Crippen LogP contribution >= 0.6 is 0 Å². The number of fused-ring (bicyclic) bond motifs is 1. The molecule has 1 heterocycles. The van der Waals surface area contributed by atoms with Gasteiger partial charge in [0.2, 0.25) is 0 Å². The van der Waals surface area contributed by atoms with Gasteiger partial charge in [0, 0.05) is 25.7 Å². The van der Waals surface area contributed by atoms with Crippen LogP contribution in [0.1, 0.15) is 57.8 Å². The van der Waals surface area contributed by atoms with Crippen LogP contribution in [-0.4, -0.2) is 66.2 Å². The summed E-state index contributed by atoms with van der Waals surface area (Å²) in [4.78, 5) is 28.3. The second-order valence-corrected chi connectivity index (χ2v) is 8.29. The largest absolute Gasteiger partial charge is 0.481 e. The zero-order valence-electron chi connectivity index (χ0n) is 15.5. The average molecular weight is 351 g/mol. The van der Waals surface area contributed by atoms with E-state index in [9.17, 15) is 14.7 Å². The molecule has 2 N–H and O–H groups in total. The van der Waals surface area contributed by atoms with Gasteiger partial charge in [-0.05, 0) is 51.6 Å². The van der Waals surface area contributed by atoms with Gasteiger partial charge >= 0.3 is 12.0 Å². The molecule has 0 aromatic rings. The summed E-state index contributed by atoms with van der Waals surface area (Å²) in [6, 6.07) is 0.619. The highest BCUT2D eigenvalue weighted by Gasteiger charge is 2.55. The van der Waals surface area contributed by atoms with Crippen molar-refractivity contribution in [3.63, 3.8) is 0 Å². The fourth-order valence-electron chi connectivity index (χ4n) is 5.13. The van der Waals surface area contributed by atoms with E-state index in [1.165, 1.54) is 32.1 Å². The number of hydrogen-bond donors (Lipinski definition) is 2. The zero-order valence-corrected chi connectivity index (χ0v) is 15.5. The van der Waals surface area contributed by atoms with Gasteiger partial charge in [0.1, 0.15) is 0 Å². The molecule has 2 amide bonds. The highest BCUT2D eigenvalue weighted by molar-refractivity contribution is 5.80. The summed E-state index contributed by atoms with van der Waals surface area (Å²) < 4.78 is 0. The molecule has 0 aromatic carbocycles. The van der Waals surface area contributed by atoms with Gasteiger partial charge in [-0.3, -0.25) is 4.79 Å². The first-order chi connectivity index (χ1) is 12.0. The van der Waals surface area contributed by atoms with Crippen molar-refractivity contribution in [1.29, 1.82) is 0 Å². The number of amides is 2. The number of nitrogens with zero attached hydrogens (tertiary/aromatic N) is 2. The van der Waals surface area contributed by atoms with Crippen LogP contribution < -0.4 is 5.32 Å². The molecule has 1 saturated heterocycles. The van der Waals surface area contributed by atoms with Crippen LogP contribution in [0, 0.1) is 11.3 Å². The number of likely N-dealkylation sites (tertiary alicyclic amines) is 1. The van der Waals surface area contributed by atoms with Crippen LogP contribution in [0.2, 0.25) is 0 Å². The van der Waals surface area contributed by atoms with Crippen molar-refractivity contribution in [3.05, 3.63) is 0 Å². The standard InChI is InChI=1S/C19H33N3O3/c1-21(16-8-3-2-4-9-16)12-6-11-20-18(25)22-13-15-7-5-10-19(15,14-22)17(23)24/h15-16H,2-14H2,1H3,(H,20,25)(H,23,24)/t15-,19+/m0/s1. The van der Waals surface area contributed by atoms with E-state index in [-0.39, 0.29) is 11.9 Å². The molecule has 2 atom stereocenters. The van der Waals surface area contributed by atoms with Crippen molar-refractivity contribution in [2.45, 2.75) is 63.8 Å². The van der Waals surface area contributed by atoms with E-state index in [4.69, 9.17) is 0 Å². The molecule has 0 spiro atoms. The third-order valence-electron chi connectivity index (χ3n) is 6.75. The van der Waals surface area contributed by atoms with E-state index in [1.807, 2.05) is 0 Å². The maximum absolute atomic E-state index is 12.4. The van der Waals surface area contributed by atoms with Gasteiger partial charge in [0.05, 0.1) is 5.41 Å². The van der Waals surface area contributed by atoms with E-state index in [2.05, 4.69) is 17.3 Å². The monoisotopic (exact) mass is 351 g/mol. The Hall–Kier alpha value is -1.30. The first-order valence-electron chi connectivity index (χ1n) is 9.99. The number of nitrogens with one attached hydrogen (secondary N) is 1. The maximum Gasteiger partial charge on any atom is 0.317 e.